The van der Waals surface area contributed by atoms with Crippen molar-refractivity contribution in [1.29, 1.82) is 5.26 Å². The minimum Gasteiger partial charge on any atom is -0.487 e. The highest BCUT2D eigenvalue weighted by atomic mass is 32.2. The summed E-state index contributed by atoms with van der Waals surface area (Å²) in [6.45, 7) is 5.96. The Morgan fingerprint density at radius 3 is 2.50 bits per heavy atom. The first kappa shape index (κ1) is 10.9. The van der Waals surface area contributed by atoms with Gasteiger partial charge in [-0.25, -0.2) is 0 Å². The van der Waals surface area contributed by atoms with Crippen molar-refractivity contribution in [3.63, 3.8) is 0 Å². The van der Waals surface area contributed by atoms with E-state index in [1.165, 1.54) is 0 Å². The lowest BCUT2D eigenvalue weighted by Gasteiger charge is -2.22. The quantitative estimate of drug-likeness (QED) is 0.550. The number of rotatable bonds is 2. The zero-order chi connectivity index (χ0) is 10.6. The van der Waals surface area contributed by atoms with Crippen molar-refractivity contribution in [2.24, 2.45) is 0 Å². The summed E-state index contributed by atoms with van der Waals surface area (Å²) < 4.78 is 5.71. The number of thioether (sulfide) groups is 1. The third kappa shape index (κ3) is 3.31. The molecule has 0 aliphatic heterocycles. The fraction of sp³-hybridized carbons (Fsp3) is 0.364. The number of para-hydroxylation sites is 1. The highest BCUT2D eigenvalue weighted by molar-refractivity contribution is 8.03. The molecule has 1 aromatic rings. The lowest BCUT2D eigenvalue weighted by atomic mass is 10.2. The zero-order valence-corrected chi connectivity index (χ0v) is 9.39. The minimum absolute atomic E-state index is 0.230. The van der Waals surface area contributed by atoms with Gasteiger partial charge in [-0.2, -0.15) is 5.26 Å². The maximum Gasteiger partial charge on any atom is 0.138 e. The van der Waals surface area contributed by atoms with E-state index in [1.54, 1.807) is 0 Å². The maximum absolute atomic E-state index is 8.60. The third-order valence-corrected chi connectivity index (χ3v) is 2.07. The van der Waals surface area contributed by atoms with Crippen LogP contribution in [0.4, 0.5) is 0 Å². The average Bonchev–Trinajstić information content (AvgIpc) is 2.06. The van der Waals surface area contributed by atoms with Crippen LogP contribution in [-0.4, -0.2) is 5.60 Å². The number of hydrogen-bond acceptors (Lipinski definition) is 3. The molecule has 0 unspecified atom stereocenters. The van der Waals surface area contributed by atoms with Crippen molar-refractivity contribution >= 4 is 11.8 Å². The number of nitrogens with zero attached hydrogens (tertiary/aromatic N) is 1. The average molecular weight is 207 g/mol. The Hall–Kier alpha value is -1.14. The summed E-state index contributed by atoms with van der Waals surface area (Å²) in [5, 5.41) is 10.6. The monoisotopic (exact) mass is 207 g/mol. The van der Waals surface area contributed by atoms with Crippen LogP contribution < -0.4 is 4.74 Å². The van der Waals surface area contributed by atoms with Crippen molar-refractivity contribution in [3.8, 4) is 11.2 Å². The molecule has 0 aliphatic rings. The van der Waals surface area contributed by atoms with Gasteiger partial charge in [0.05, 0.1) is 4.90 Å². The molecule has 0 amide bonds. The van der Waals surface area contributed by atoms with Crippen LogP contribution >= 0.6 is 11.8 Å². The molecule has 0 radical (unpaired) electrons. The van der Waals surface area contributed by atoms with E-state index in [4.69, 9.17) is 10.00 Å². The van der Waals surface area contributed by atoms with Crippen molar-refractivity contribution in [3.05, 3.63) is 24.3 Å². The molecule has 0 saturated carbocycles. The van der Waals surface area contributed by atoms with Gasteiger partial charge in [0.1, 0.15) is 16.8 Å². The number of thiocyanates is 1. The minimum atomic E-state index is -0.230. The van der Waals surface area contributed by atoms with Gasteiger partial charge in [0.2, 0.25) is 0 Å². The summed E-state index contributed by atoms with van der Waals surface area (Å²) >= 11 is 1.12. The second-order valence-electron chi connectivity index (χ2n) is 3.85. The number of benzene rings is 1. The molecule has 2 nitrogen and oxygen atoms in total. The first-order valence-corrected chi connectivity index (χ1v) is 5.18. The van der Waals surface area contributed by atoms with E-state index < -0.39 is 0 Å². The van der Waals surface area contributed by atoms with Crippen LogP contribution in [-0.2, 0) is 0 Å². The van der Waals surface area contributed by atoms with Gasteiger partial charge in [-0.15, -0.1) is 0 Å². The second-order valence-corrected chi connectivity index (χ2v) is 4.68. The first-order chi connectivity index (χ1) is 6.53. The van der Waals surface area contributed by atoms with Gasteiger partial charge in [0.15, 0.2) is 0 Å². The maximum atomic E-state index is 8.60. The molecule has 0 saturated heterocycles. The van der Waals surface area contributed by atoms with Gasteiger partial charge >= 0.3 is 0 Å². The van der Waals surface area contributed by atoms with Crippen LogP contribution in [0.2, 0.25) is 0 Å². The van der Waals surface area contributed by atoms with Gasteiger partial charge in [0.25, 0.3) is 0 Å². The topological polar surface area (TPSA) is 33.0 Å². The molecule has 1 aromatic carbocycles. The zero-order valence-electron chi connectivity index (χ0n) is 8.57. The SMILES string of the molecule is CC(C)(C)Oc1ccccc1SC#N. The van der Waals surface area contributed by atoms with Crippen molar-refractivity contribution in [2.75, 3.05) is 0 Å². The molecular formula is C11H13NOS. The Morgan fingerprint density at radius 1 is 1.29 bits per heavy atom. The Kier molecular flexibility index (Phi) is 3.43. The van der Waals surface area contributed by atoms with Gasteiger partial charge < -0.3 is 4.74 Å². The van der Waals surface area contributed by atoms with Gasteiger partial charge in [-0.3, -0.25) is 0 Å². The van der Waals surface area contributed by atoms with Crippen LogP contribution in [0.3, 0.4) is 0 Å². The van der Waals surface area contributed by atoms with Crippen molar-refractivity contribution in [1.82, 2.24) is 0 Å². The third-order valence-electron chi connectivity index (χ3n) is 1.42. The van der Waals surface area contributed by atoms with E-state index in [-0.39, 0.29) is 5.60 Å². The molecule has 74 valence electrons. The Morgan fingerprint density at radius 2 is 1.93 bits per heavy atom. The molecule has 0 N–H and O–H groups in total. The highest BCUT2D eigenvalue weighted by Gasteiger charge is 2.14. The van der Waals surface area contributed by atoms with Crippen LogP contribution in [0.1, 0.15) is 20.8 Å². The number of hydrogen-bond donors (Lipinski definition) is 0. The van der Waals surface area contributed by atoms with Crippen molar-refractivity contribution in [2.45, 2.75) is 31.3 Å². The molecule has 0 spiro atoms. The number of ether oxygens (including phenoxy) is 1. The Labute approximate surface area is 88.9 Å². The summed E-state index contributed by atoms with van der Waals surface area (Å²) in [5.74, 6) is 0.770. The standard InChI is InChI=1S/C11H13NOS/c1-11(2,3)13-9-6-4-5-7-10(9)14-8-12/h4-7H,1-3H3. The summed E-state index contributed by atoms with van der Waals surface area (Å²) in [5.41, 5.74) is -0.230. The summed E-state index contributed by atoms with van der Waals surface area (Å²) in [4.78, 5) is 0.866. The lowest BCUT2D eigenvalue weighted by Crippen LogP contribution is -2.23. The van der Waals surface area contributed by atoms with Gasteiger partial charge in [-0.1, -0.05) is 12.1 Å². The molecule has 14 heavy (non-hydrogen) atoms. The van der Waals surface area contributed by atoms with Crippen LogP contribution in [0.25, 0.3) is 0 Å². The normalized spacial score (nSPS) is 10.7. The largest absolute Gasteiger partial charge is 0.487 e. The van der Waals surface area contributed by atoms with E-state index >= 15 is 0 Å². The molecule has 0 bridgehead atoms. The molecule has 0 aliphatic carbocycles. The molecular weight excluding hydrogens is 194 g/mol. The molecule has 0 atom stereocenters. The van der Waals surface area contributed by atoms with E-state index in [0.717, 1.165) is 22.4 Å². The smallest absolute Gasteiger partial charge is 0.138 e. The first-order valence-electron chi connectivity index (χ1n) is 4.37. The molecule has 0 fully saturated rings. The predicted octanol–water partition coefficient (Wildman–Crippen LogP) is 3.44. The number of nitriles is 1. The van der Waals surface area contributed by atoms with E-state index in [9.17, 15) is 0 Å². The van der Waals surface area contributed by atoms with Crippen LogP contribution in [0.15, 0.2) is 29.2 Å². The van der Waals surface area contributed by atoms with E-state index in [2.05, 4.69) is 0 Å². The molecule has 1 rings (SSSR count). The van der Waals surface area contributed by atoms with Crippen molar-refractivity contribution < 1.29 is 4.74 Å². The van der Waals surface area contributed by atoms with Gasteiger partial charge in [0, 0.05) is 0 Å². The summed E-state index contributed by atoms with van der Waals surface area (Å²) in [6, 6.07) is 7.57. The molecule has 0 aromatic heterocycles. The Bertz CT molecular complexity index is 349. The second kappa shape index (κ2) is 4.39. The van der Waals surface area contributed by atoms with E-state index in [1.807, 2.05) is 50.4 Å². The van der Waals surface area contributed by atoms with Crippen LogP contribution in [0, 0.1) is 10.7 Å². The lowest BCUT2D eigenvalue weighted by molar-refractivity contribution is 0.127. The van der Waals surface area contributed by atoms with Gasteiger partial charge in [-0.05, 0) is 44.7 Å². The summed E-state index contributed by atoms with van der Waals surface area (Å²) in [6.07, 6.45) is 0. The van der Waals surface area contributed by atoms with E-state index in [0.29, 0.717) is 0 Å². The summed E-state index contributed by atoms with van der Waals surface area (Å²) in [7, 11) is 0. The predicted molar refractivity (Wildman–Crippen MR) is 58.3 cm³/mol. The highest BCUT2D eigenvalue weighted by Crippen LogP contribution is 2.30. The fourth-order valence-corrected chi connectivity index (χ4v) is 1.45. The Balaban J connectivity index is 2.91. The van der Waals surface area contributed by atoms with Crippen LogP contribution in [0.5, 0.6) is 5.75 Å². The molecule has 0 heterocycles. The molecule has 3 heteroatoms. The fourth-order valence-electron chi connectivity index (χ4n) is 0.998.